The summed E-state index contributed by atoms with van der Waals surface area (Å²) >= 11 is 0. The molecule has 0 aliphatic carbocycles. The van der Waals surface area contributed by atoms with Gasteiger partial charge in [-0.05, 0) is 56.2 Å². The van der Waals surface area contributed by atoms with Gasteiger partial charge in [0, 0.05) is 0 Å². The average molecular weight is 268 g/mol. The van der Waals surface area contributed by atoms with Gasteiger partial charge in [-0.15, -0.1) is 0 Å². The molecule has 2 rings (SSSR count). The van der Waals surface area contributed by atoms with Crippen LogP contribution in [-0.4, -0.2) is 5.11 Å². The maximum absolute atomic E-state index is 9.92. The Labute approximate surface area is 122 Å². The molecule has 0 atom stereocenters. The summed E-state index contributed by atoms with van der Waals surface area (Å²) in [7, 11) is 0. The lowest BCUT2D eigenvalue weighted by Gasteiger charge is -2.17. The molecule has 0 saturated carbocycles. The van der Waals surface area contributed by atoms with Crippen molar-refractivity contribution >= 4 is 0 Å². The van der Waals surface area contributed by atoms with Gasteiger partial charge in [0.05, 0.1) is 5.60 Å². The lowest BCUT2D eigenvalue weighted by molar-refractivity contribution is 0.0786. The molecule has 20 heavy (non-hydrogen) atoms. The van der Waals surface area contributed by atoms with Crippen LogP contribution in [0, 0.1) is 0 Å². The Bertz CT molecular complexity index is 506. The van der Waals surface area contributed by atoms with E-state index in [1.54, 1.807) is 0 Å². The predicted octanol–water partition coefficient (Wildman–Crippen LogP) is 4.48. The van der Waals surface area contributed by atoms with Gasteiger partial charge in [-0.3, -0.25) is 0 Å². The van der Waals surface area contributed by atoms with E-state index in [1.165, 1.54) is 24.0 Å². The van der Waals surface area contributed by atoms with Gasteiger partial charge in [-0.25, -0.2) is 0 Å². The van der Waals surface area contributed by atoms with Crippen molar-refractivity contribution in [3.63, 3.8) is 0 Å². The molecule has 2 aromatic rings. The molecule has 0 unspecified atom stereocenters. The summed E-state index contributed by atoms with van der Waals surface area (Å²) in [4.78, 5) is 0. The molecule has 1 heteroatoms. The molecule has 0 aliphatic heterocycles. The molecular formula is C19H24O. The monoisotopic (exact) mass is 268 g/mol. The van der Waals surface area contributed by atoms with E-state index >= 15 is 0 Å². The molecule has 0 spiro atoms. The fourth-order valence-electron chi connectivity index (χ4n) is 2.38. The summed E-state index contributed by atoms with van der Waals surface area (Å²) in [6.07, 6.45) is 4.69. The van der Waals surface area contributed by atoms with Crippen molar-refractivity contribution in [1.29, 1.82) is 0 Å². The summed E-state index contributed by atoms with van der Waals surface area (Å²) in [6, 6.07) is 19.0. The average Bonchev–Trinajstić information content (AvgIpc) is 2.44. The fraction of sp³-hybridized carbons (Fsp3) is 0.368. The standard InChI is InChI=1S/C19H24O/c1-19(2,20)18-14-12-17(13-15-18)11-7-6-10-16-8-4-3-5-9-16/h3-5,8-9,12-15,20H,6-7,10-11H2,1-2H3. The van der Waals surface area contributed by atoms with Gasteiger partial charge >= 0.3 is 0 Å². The third kappa shape index (κ3) is 4.50. The highest BCUT2D eigenvalue weighted by molar-refractivity contribution is 5.26. The number of hydrogen-bond acceptors (Lipinski definition) is 1. The number of aryl methyl sites for hydroxylation is 2. The Balaban J connectivity index is 1.77. The molecule has 0 fully saturated rings. The van der Waals surface area contributed by atoms with Crippen molar-refractivity contribution < 1.29 is 5.11 Å². The number of rotatable bonds is 6. The first-order chi connectivity index (χ1) is 9.55. The van der Waals surface area contributed by atoms with E-state index < -0.39 is 5.60 Å². The van der Waals surface area contributed by atoms with Crippen molar-refractivity contribution in [2.24, 2.45) is 0 Å². The second kappa shape index (κ2) is 6.71. The van der Waals surface area contributed by atoms with E-state index in [0.717, 1.165) is 18.4 Å². The molecule has 0 saturated heterocycles. The largest absolute Gasteiger partial charge is 0.386 e. The molecule has 1 nitrogen and oxygen atoms in total. The zero-order valence-corrected chi connectivity index (χ0v) is 12.5. The fourth-order valence-corrected chi connectivity index (χ4v) is 2.38. The van der Waals surface area contributed by atoms with Crippen molar-refractivity contribution in [1.82, 2.24) is 0 Å². The second-order valence-electron chi connectivity index (χ2n) is 5.95. The molecule has 0 bridgehead atoms. The second-order valence-corrected chi connectivity index (χ2v) is 5.95. The Morgan fingerprint density at radius 3 is 1.75 bits per heavy atom. The summed E-state index contributed by atoms with van der Waals surface area (Å²) in [5.41, 5.74) is 3.01. The molecule has 0 heterocycles. The van der Waals surface area contributed by atoms with E-state index in [0.29, 0.717) is 0 Å². The van der Waals surface area contributed by atoms with Crippen LogP contribution in [0.3, 0.4) is 0 Å². The van der Waals surface area contributed by atoms with Gasteiger partial charge in [-0.1, -0.05) is 54.6 Å². The molecule has 0 aromatic heterocycles. The minimum atomic E-state index is -0.744. The first-order valence-electron chi connectivity index (χ1n) is 7.41. The zero-order chi connectivity index (χ0) is 14.4. The van der Waals surface area contributed by atoms with Crippen molar-refractivity contribution in [3.05, 3.63) is 71.3 Å². The zero-order valence-electron chi connectivity index (χ0n) is 12.5. The quantitative estimate of drug-likeness (QED) is 0.766. The molecule has 0 radical (unpaired) electrons. The predicted molar refractivity (Wildman–Crippen MR) is 84.8 cm³/mol. The van der Waals surface area contributed by atoms with Gasteiger partial charge < -0.3 is 5.11 Å². The van der Waals surface area contributed by atoms with Gasteiger partial charge in [0.15, 0.2) is 0 Å². The van der Waals surface area contributed by atoms with E-state index in [2.05, 4.69) is 42.5 Å². The van der Waals surface area contributed by atoms with Crippen LogP contribution in [-0.2, 0) is 18.4 Å². The minimum absolute atomic E-state index is 0.744. The van der Waals surface area contributed by atoms with E-state index in [4.69, 9.17) is 0 Å². The van der Waals surface area contributed by atoms with E-state index in [9.17, 15) is 5.11 Å². The summed E-state index contributed by atoms with van der Waals surface area (Å²) in [5.74, 6) is 0. The van der Waals surface area contributed by atoms with Crippen LogP contribution < -0.4 is 0 Å². The maximum Gasteiger partial charge on any atom is 0.0840 e. The molecule has 106 valence electrons. The topological polar surface area (TPSA) is 20.2 Å². The molecule has 1 N–H and O–H groups in total. The number of aliphatic hydroxyl groups is 1. The van der Waals surface area contributed by atoms with Crippen LogP contribution in [0.1, 0.15) is 43.4 Å². The SMILES string of the molecule is CC(C)(O)c1ccc(CCCCc2ccccc2)cc1. The normalized spacial score (nSPS) is 11.6. The summed E-state index contributed by atoms with van der Waals surface area (Å²) in [6.45, 7) is 3.64. The van der Waals surface area contributed by atoms with E-state index in [-0.39, 0.29) is 0 Å². The van der Waals surface area contributed by atoms with Crippen LogP contribution in [0.4, 0.5) is 0 Å². The number of benzene rings is 2. The molecular weight excluding hydrogens is 244 g/mol. The van der Waals surface area contributed by atoms with Crippen LogP contribution >= 0.6 is 0 Å². The highest BCUT2D eigenvalue weighted by Crippen LogP contribution is 2.20. The first-order valence-corrected chi connectivity index (χ1v) is 7.41. The van der Waals surface area contributed by atoms with E-state index in [1.807, 2.05) is 26.0 Å². The van der Waals surface area contributed by atoms with Crippen LogP contribution in [0.15, 0.2) is 54.6 Å². The van der Waals surface area contributed by atoms with Gasteiger partial charge in [0.2, 0.25) is 0 Å². The van der Waals surface area contributed by atoms with Crippen molar-refractivity contribution in [3.8, 4) is 0 Å². The Kier molecular flexibility index (Phi) is 4.97. The molecule has 2 aromatic carbocycles. The number of hydrogen-bond donors (Lipinski definition) is 1. The highest BCUT2D eigenvalue weighted by Gasteiger charge is 2.14. The summed E-state index contributed by atoms with van der Waals surface area (Å²) < 4.78 is 0. The van der Waals surface area contributed by atoms with Crippen molar-refractivity contribution in [2.45, 2.75) is 45.1 Å². The molecule has 0 amide bonds. The van der Waals surface area contributed by atoms with Crippen LogP contribution in [0.25, 0.3) is 0 Å². The molecule has 0 aliphatic rings. The van der Waals surface area contributed by atoms with Gasteiger partial charge in [0.25, 0.3) is 0 Å². The smallest absolute Gasteiger partial charge is 0.0840 e. The minimum Gasteiger partial charge on any atom is -0.386 e. The third-order valence-corrected chi connectivity index (χ3v) is 3.68. The van der Waals surface area contributed by atoms with Crippen LogP contribution in [0.2, 0.25) is 0 Å². The Hall–Kier alpha value is -1.60. The van der Waals surface area contributed by atoms with Crippen molar-refractivity contribution in [2.75, 3.05) is 0 Å². The Morgan fingerprint density at radius 1 is 0.750 bits per heavy atom. The third-order valence-electron chi connectivity index (χ3n) is 3.68. The summed E-state index contributed by atoms with van der Waals surface area (Å²) in [5, 5.41) is 9.92. The number of unbranched alkanes of at least 4 members (excludes halogenated alkanes) is 1. The Morgan fingerprint density at radius 2 is 1.25 bits per heavy atom. The van der Waals surface area contributed by atoms with Crippen LogP contribution in [0.5, 0.6) is 0 Å². The van der Waals surface area contributed by atoms with Gasteiger partial charge in [-0.2, -0.15) is 0 Å². The maximum atomic E-state index is 9.92. The van der Waals surface area contributed by atoms with Gasteiger partial charge in [0.1, 0.15) is 0 Å². The first kappa shape index (κ1) is 14.8. The highest BCUT2D eigenvalue weighted by atomic mass is 16.3. The lowest BCUT2D eigenvalue weighted by Crippen LogP contribution is -2.15. The lowest BCUT2D eigenvalue weighted by atomic mass is 9.96.